The summed E-state index contributed by atoms with van der Waals surface area (Å²) in [7, 11) is 0. The Balaban J connectivity index is 1.26. The van der Waals surface area contributed by atoms with Crippen LogP contribution in [0, 0.1) is 6.92 Å². The number of hydrogen-bond acceptors (Lipinski definition) is 5. The smallest absolute Gasteiger partial charge is 0.307 e. The van der Waals surface area contributed by atoms with E-state index in [4.69, 9.17) is 10.1 Å². The third-order valence-electron chi connectivity index (χ3n) is 7.28. The SMILES string of the molecule is Cc1ccc(-n2nc(C(C)(C)C)cc2NC(=O)Nc2ccc(-c3ccc(Cc4cccnc4)nc3)c3ccccc23)cn1. The molecule has 2 amide bonds. The van der Waals surface area contributed by atoms with Gasteiger partial charge in [-0.05, 0) is 53.8 Å². The zero-order valence-corrected chi connectivity index (χ0v) is 24.7. The lowest BCUT2D eigenvalue weighted by Crippen LogP contribution is -2.21. The molecule has 0 aliphatic rings. The number of nitrogens with zero attached hydrogens (tertiary/aromatic N) is 5. The van der Waals surface area contributed by atoms with Crippen LogP contribution in [0.15, 0.2) is 104 Å². The van der Waals surface area contributed by atoms with Crippen LogP contribution in [0.2, 0.25) is 0 Å². The zero-order valence-electron chi connectivity index (χ0n) is 24.7. The van der Waals surface area contributed by atoms with E-state index in [1.54, 1.807) is 17.1 Å². The monoisotopic (exact) mass is 567 g/mol. The lowest BCUT2D eigenvalue weighted by atomic mass is 9.92. The van der Waals surface area contributed by atoms with Crippen molar-refractivity contribution in [2.24, 2.45) is 0 Å². The molecule has 0 aliphatic heterocycles. The van der Waals surface area contributed by atoms with Crippen molar-refractivity contribution in [1.29, 1.82) is 0 Å². The molecule has 0 spiro atoms. The summed E-state index contributed by atoms with van der Waals surface area (Å²) in [5.74, 6) is 0.562. The van der Waals surface area contributed by atoms with Gasteiger partial charge in [-0.1, -0.05) is 63.2 Å². The Morgan fingerprint density at radius 1 is 0.837 bits per heavy atom. The molecule has 0 unspecified atom stereocenters. The van der Waals surface area contributed by atoms with E-state index < -0.39 is 0 Å². The minimum Gasteiger partial charge on any atom is -0.307 e. The van der Waals surface area contributed by atoms with Gasteiger partial charge in [0.15, 0.2) is 0 Å². The number of aromatic nitrogens is 5. The van der Waals surface area contributed by atoms with Crippen LogP contribution in [0.3, 0.4) is 0 Å². The number of amides is 2. The second-order valence-electron chi connectivity index (χ2n) is 11.6. The molecule has 6 rings (SSSR count). The van der Waals surface area contributed by atoms with E-state index in [2.05, 4.69) is 65.6 Å². The van der Waals surface area contributed by atoms with Gasteiger partial charge in [-0.3, -0.25) is 20.3 Å². The number of anilines is 2. The number of carbonyl (C=O) groups is 1. The Morgan fingerprint density at radius 3 is 2.37 bits per heavy atom. The summed E-state index contributed by atoms with van der Waals surface area (Å²) in [5, 5.41) is 12.8. The standard InChI is InChI=1S/C35H33N7O/c1-23-11-14-27(22-37-23)42-33(19-32(41-42)35(2,3)4)40-34(43)39-31-16-15-28(29-9-5-6-10-30(29)31)25-12-13-26(38-21-25)18-24-8-7-17-36-20-24/h5-17,19-22H,18H2,1-4H3,(H2,39,40,43). The molecule has 214 valence electrons. The third-order valence-corrected chi connectivity index (χ3v) is 7.28. The summed E-state index contributed by atoms with van der Waals surface area (Å²) >= 11 is 0. The molecule has 4 aromatic heterocycles. The minimum absolute atomic E-state index is 0.200. The molecule has 0 radical (unpaired) electrons. The molecule has 43 heavy (non-hydrogen) atoms. The Labute approximate surface area is 250 Å². The Morgan fingerprint density at radius 2 is 1.67 bits per heavy atom. The first kappa shape index (κ1) is 27.8. The number of nitrogens with one attached hydrogen (secondary N) is 2. The molecule has 2 aromatic carbocycles. The van der Waals surface area contributed by atoms with Crippen molar-refractivity contribution >= 4 is 28.3 Å². The minimum atomic E-state index is -0.360. The maximum absolute atomic E-state index is 13.4. The summed E-state index contributed by atoms with van der Waals surface area (Å²) in [4.78, 5) is 26.7. The van der Waals surface area contributed by atoms with Crippen LogP contribution >= 0.6 is 0 Å². The zero-order chi connectivity index (χ0) is 30.0. The molecule has 0 bridgehead atoms. The fraction of sp³-hybridized carbons (Fsp3) is 0.171. The Kier molecular flexibility index (Phi) is 7.42. The quantitative estimate of drug-likeness (QED) is 0.215. The van der Waals surface area contributed by atoms with Crippen molar-refractivity contribution in [2.45, 2.75) is 39.5 Å². The second kappa shape index (κ2) is 11.5. The fourth-order valence-electron chi connectivity index (χ4n) is 4.95. The van der Waals surface area contributed by atoms with Gasteiger partial charge in [0, 0.05) is 58.8 Å². The van der Waals surface area contributed by atoms with Gasteiger partial charge in [0.05, 0.1) is 23.3 Å². The number of fused-ring (bicyclic) bond motifs is 1. The van der Waals surface area contributed by atoms with Crippen LogP contribution in [0.4, 0.5) is 16.3 Å². The number of hydrogen-bond donors (Lipinski definition) is 2. The van der Waals surface area contributed by atoms with Gasteiger partial charge in [0.2, 0.25) is 0 Å². The number of carbonyl (C=O) groups excluding carboxylic acids is 1. The van der Waals surface area contributed by atoms with Gasteiger partial charge < -0.3 is 5.32 Å². The normalized spacial score (nSPS) is 11.4. The van der Waals surface area contributed by atoms with Crippen LogP contribution in [0.25, 0.3) is 27.6 Å². The predicted molar refractivity (Wildman–Crippen MR) is 172 cm³/mol. The van der Waals surface area contributed by atoms with E-state index in [1.807, 2.05) is 73.9 Å². The Hall–Kier alpha value is -5.37. The van der Waals surface area contributed by atoms with Crippen LogP contribution in [-0.2, 0) is 11.8 Å². The van der Waals surface area contributed by atoms with E-state index in [0.29, 0.717) is 11.5 Å². The highest BCUT2D eigenvalue weighted by molar-refractivity contribution is 6.09. The van der Waals surface area contributed by atoms with Crippen molar-refractivity contribution in [3.8, 4) is 16.8 Å². The average Bonchev–Trinajstić information content (AvgIpc) is 3.43. The summed E-state index contributed by atoms with van der Waals surface area (Å²) < 4.78 is 1.72. The molecule has 0 saturated heterocycles. The van der Waals surface area contributed by atoms with Crippen molar-refractivity contribution < 1.29 is 4.79 Å². The first-order chi connectivity index (χ1) is 20.7. The lowest BCUT2D eigenvalue weighted by molar-refractivity contribution is 0.262. The molecule has 0 atom stereocenters. The van der Waals surface area contributed by atoms with E-state index in [-0.39, 0.29) is 11.4 Å². The molecule has 6 aromatic rings. The highest BCUT2D eigenvalue weighted by Crippen LogP contribution is 2.33. The largest absolute Gasteiger partial charge is 0.324 e. The maximum Gasteiger partial charge on any atom is 0.324 e. The van der Waals surface area contributed by atoms with Gasteiger partial charge in [0.1, 0.15) is 5.82 Å². The van der Waals surface area contributed by atoms with E-state index >= 15 is 0 Å². The van der Waals surface area contributed by atoms with E-state index in [9.17, 15) is 4.79 Å². The maximum atomic E-state index is 13.4. The first-order valence-electron chi connectivity index (χ1n) is 14.2. The Bertz CT molecular complexity index is 1890. The molecular weight excluding hydrogens is 534 g/mol. The van der Waals surface area contributed by atoms with Crippen LogP contribution in [0.5, 0.6) is 0 Å². The molecule has 8 heteroatoms. The third kappa shape index (κ3) is 6.13. The summed E-state index contributed by atoms with van der Waals surface area (Å²) in [5.41, 5.74) is 7.19. The molecule has 0 saturated carbocycles. The molecular formula is C35H33N7O. The summed E-state index contributed by atoms with van der Waals surface area (Å²) in [6.45, 7) is 8.21. The van der Waals surface area contributed by atoms with E-state index in [0.717, 1.165) is 56.7 Å². The lowest BCUT2D eigenvalue weighted by Gasteiger charge is -2.14. The van der Waals surface area contributed by atoms with Crippen molar-refractivity contribution in [3.05, 3.63) is 126 Å². The van der Waals surface area contributed by atoms with Crippen molar-refractivity contribution in [2.75, 3.05) is 10.6 Å². The molecule has 4 heterocycles. The number of pyridine rings is 3. The van der Waals surface area contributed by atoms with Crippen LogP contribution < -0.4 is 10.6 Å². The van der Waals surface area contributed by atoms with Crippen LogP contribution in [0.1, 0.15) is 43.4 Å². The number of benzene rings is 2. The van der Waals surface area contributed by atoms with Gasteiger partial charge in [0.25, 0.3) is 0 Å². The predicted octanol–water partition coefficient (Wildman–Crippen LogP) is 7.72. The second-order valence-corrected chi connectivity index (χ2v) is 11.6. The molecule has 0 aliphatic carbocycles. The van der Waals surface area contributed by atoms with Gasteiger partial charge in [-0.15, -0.1) is 0 Å². The first-order valence-corrected chi connectivity index (χ1v) is 14.2. The number of urea groups is 1. The van der Waals surface area contributed by atoms with Gasteiger partial charge in [-0.25, -0.2) is 9.48 Å². The number of rotatable bonds is 6. The molecule has 2 N–H and O–H groups in total. The van der Waals surface area contributed by atoms with Crippen molar-refractivity contribution in [3.63, 3.8) is 0 Å². The van der Waals surface area contributed by atoms with Gasteiger partial charge in [-0.2, -0.15) is 5.10 Å². The highest BCUT2D eigenvalue weighted by Gasteiger charge is 2.22. The van der Waals surface area contributed by atoms with Crippen LogP contribution in [-0.4, -0.2) is 30.8 Å². The summed E-state index contributed by atoms with van der Waals surface area (Å²) in [6, 6.07) is 25.5. The fourth-order valence-corrected chi connectivity index (χ4v) is 4.95. The number of aryl methyl sites for hydroxylation is 1. The molecule has 0 fully saturated rings. The topological polar surface area (TPSA) is 97.6 Å². The summed E-state index contributed by atoms with van der Waals surface area (Å²) in [6.07, 6.45) is 8.02. The van der Waals surface area contributed by atoms with E-state index in [1.165, 1.54) is 0 Å². The van der Waals surface area contributed by atoms with Gasteiger partial charge >= 0.3 is 6.03 Å². The molecule has 8 nitrogen and oxygen atoms in total. The van der Waals surface area contributed by atoms with Crippen molar-refractivity contribution in [1.82, 2.24) is 24.7 Å². The average molecular weight is 568 g/mol. The highest BCUT2D eigenvalue weighted by atomic mass is 16.2.